The van der Waals surface area contributed by atoms with E-state index in [0.717, 1.165) is 59.5 Å². The van der Waals surface area contributed by atoms with Crippen LogP contribution in [-0.2, 0) is 16.6 Å². The minimum Gasteiger partial charge on any atom is -0.337 e. The zero-order valence-corrected chi connectivity index (χ0v) is 32.2. The molecule has 12 heteroatoms. The van der Waals surface area contributed by atoms with E-state index in [1.54, 1.807) is 18.2 Å². The zero-order chi connectivity index (χ0) is 37.1. The summed E-state index contributed by atoms with van der Waals surface area (Å²) in [5.74, 6) is 0.194. The van der Waals surface area contributed by atoms with Crippen LogP contribution in [0.2, 0.25) is 10.0 Å². The molecular formula is C41H43Cl2FN8O. The Hall–Kier alpha value is -4.04. The molecule has 5 aromatic rings. The van der Waals surface area contributed by atoms with Crippen LogP contribution in [0.5, 0.6) is 0 Å². The highest BCUT2D eigenvalue weighted by Gasteiger charge is 2.51. The summed E-state index contributed by atoms with van der Waals surface area (Å²) >= 11 is 13.1. The van der Waals surface area contributed by atoms with Crippen molar-refractivity contribution < 1.29 is 9.18 Å². The number of hydrogen-bond acceptors (Lipinski definition) is 6. The van der Waals surface area contributed by atoms with Gasteiger partial charge in [-0.05, 0) is 75.6 Å². The number of amides is 1. The topological polar surface area (TPSA) is 105 Å². The lowest BCUT2D eigenvalue weighted by Gasteiger charge is -2.39. The maximum Gasteiger partial charge on any atom is 0.226 e. The van der Waals surface area contributed by atoms with Gasteiger partial charge in [-0.25, -0.2) is 14.1 Å². The first-order valence-corrected chi connectivity index (χ1v) is 19.6. The Morgan fingerprint density at radius 1 is 1.13 bits per heavy atom. The van der Waals surface area contributed by atoms with E-state index in [1.807, 2.05) is 17.7 Å². The van der Waals surface area contributed by atoms with Gasteiger partial charge in [0, 0.05) is 70.2 Å². The lowest BCUT2D eigenvalue weighted by molar-refractivity contribution is -0.133. The molecule has 3 aliphatic heterocycles. The van der Waals surface area contributed by atoms with Crippen molar-refractivity contribution in [3.8, 4) is 17.2 Å². The summed E-state index contributed by atoms with van der Waals surface area (Å²) in [6.45, 7) is 11.9. The Bertz CT molecular complexity index is 2370. The van der Waals surface area contributed by atoms with Crippen molar-refractivity contribution in [2.75, 3.05) is 13.1 Å². The first kappa shape index (κ1) is 34.7. The molecule has 0 unspecified atom stereocenters. The van der Waals surface area contributed by atoms with Gasteiger partial charge in [0.2, 0.25) is 5.91 Å². The fraction of sp³-hybridized carbons (Fsp3) is 0.488. The van der Waals surface area contributed by atoms with Crippen LogP contribution in [0.1, 0.15) is 99.3 Å². The second-order valence-electron chi connectivity index (χ2n) is 16.7. The molecule has 3 aromatic heterocycles. The number of aryl methyl sites for hydroxylation is 2. The molecule has 2 bridgehead atoms. The average molecular weight is 754 g/mol. The Kier molecular flexibility index (Phi) is 8.19. The molecule has 0 radical (unpaired) electrons. The van der Waals surface area contributed by atoms with Crippen LogP contribution in [-0.4, -0.2) is 54.5 Å². The third-order valence-corrected chi connectivity index (χ3v) is 13.1. The summed E-state index contributed by atoms with van der Waals surface area (Å²) in [5, 5.41) is 24.9. The summed E-state index contributed by atoms with van der Waals surface area (Å²) in [4.78, 5) is 21.2. The number of halogens is 3. The van der Waals surface area contributed by atoms with E-state index >= 15 is 4.39 Å². The Balaban J connectivity index is 1.28. The first-order chi connectivity index (χ1) is 25.4. The number of hydrogen-bond donors (Lipinski definition) is 1. The molecule has 5 aliphatic rings. The normalized spacial score (nSPS) is 24.0. The number of aromatic nitrogens is 5. The molecular weight excluding hydrogens is 710 g/mol. The van der Waals surface area contributed by atoms with E-state index in [9.17, 15) is 10.1 Å². The summed E-state index contributed by atoms with van der Waals surface area (Å²) < 4.78 is 21.7. The van der Waals surface area contributed by atoms with Crippen LogP contribution in [0.3, 0.4) is 0 Å². The molecule has 1 amide bonds. The van der Waals surface area contributed by atoms with E-state index in [-0.39, 0.29) is 58.4 Å². The van der Waals surface area contributed by atoms with Crippen LogP contribution in [0, 0.1) is 42.8 Å². The maximum absolute atomic E-state index is 17.3. The van der Waals surface area contributed by atoms with E-state index < -0.39 is 5.82 Å². The van der Waals surface area contributed by atoms with Crippen LogP contribution < -0.4 is 5.32 Å². The van der Waals surface area contributed by atoms with Crippen LogP contribution in [0.4, 0.5) is 4.39 Å². The molecule has 1 N–H and O–H groups in total. The molecule has 53 heavy (non-hydrogen) atoms. The minimum atomic E-state index is -0.476. The van der Waals surface area contributed by atoms with Crippen molar-refractivity contribution in [3.63, 3.8) is 0 Å². The highest BCUT2D eigenvalue weighted by atomic mass is 35.5. The predicted octanol–water partition coefficient (Wildman–Crippen LogP) is 8.72. The van der Waals surface area contributed by atoms with Crippen molar-refractivity contribution in [1.82, 2.24) is 34.8 Å². The second-order valence-corrected chi connectivity index (χ2v) is 17.5. The van der Waals surface area contributed by atoms with Crippen molar-refractivity contribution >= 4 is 50.9 Å². The van der Waals surface area contributed by atoms with Gasteiger partial charge < -0.3 is 14.8 Å². The van der Waals surface area contributed by atoms with Crippen LogP contribution in [0.25, 0.3) is 32.9 Å². The fourth-order valence-corrected chi connectivity index (χ4v) is 9.95. The number of pyridine rings is 1. The molecule has 5 fully saturated rings. The molecule has 6 heterocycles. The minimum absolute atomic E-state index is 0.0370. The van der Waals surface area contributed by atoms with Gasteiger partial charge in [-0.3, -0.25) is 4.79 Å². The number of benzene rings is 2. The molecule has 9 nitrogen and oxygen atoms in total. The molecule has 0 spiro atoms. The summed E-state index contributed by atoms with van der Waals surface area (Å²) in [6.07, 6.45) is 4.16. The van der Waals surface area contributed by atoms with Gasteiger partial charge in [0.05, 0.1) is 51.1 Å². The Morgan fingerprint density at radius 3 is 2.58 bits per heavy atom. The van der Waals surface area contributed by atoms with Gasteiger partial charge in [0.15, 0.2) is 5.82 Å². The second kappa shape index (κ2) is 12.5. The van der Waals surface area contributed by atoms with Crippen LogP contribution >= 0.6 is 23.2 Å². The highest BCUT2D eigenvalue weighted by molar-refractivity contribution is 6.43. The number of rotatable bonds is 7. The monoisotopic (exact) mass is 752 g/mol. The number of nitrogens with one attached hydrogen (secondary N) is 1. The van der Waals surface area contributed by atoms with E-state index in [4.69, 9.17) is 28.2 Å². The molecule has 2 aliphatic carbocycles. The van der Waals surface area contributed by atoms with Crippen molar-refractivity contribution in [2.45, 2.75) is 103 Å². The van der Waals surface area contributed by atoms with Gasteiger partial charge in [-0.15, -0.1) is 5.10 Å². The highest BCUT2D eigenvalue weighted by Crippen LogP contribution is 2.52. The lowest BCUT2D eigenvalue weighted by Crippen LogP contribution is -2.41. The van der Waals surface area contributed by atoms with Crippen LogP contribution in [0.15, 0.2) is 30.3 Å². The number of fused-ring (bicyclic) bond motifs is 4. The standard InChI is InChI=1S/C41H43Cl2FN8O/c1-20-27-17-32(31-16-25(19-50(31)40(53)22-11-12-22)52-21(2)39(48-49-52)41(3,4)5)51(37-24-15-30(37)46-18-24)38(27)28-14-23(8-7-13-45)33(35(44)36(28)47-20)26-9-6-10-29(42)34(26)43/h6,9-10,14,17,22,24-25,30-31,37,46H,7-8,11-12,15-16,18-19H2,1-5H3/t24-,25+,30-,31-,37+/m1/s1. The third kappa shape index (κ3) is 5.40. The number of likely N-dealkylation sites (tertiary alicyclic amines) is 1. The predicted molar refractivity (Wildman–Crippen MR) is 205 cm³/mol. The van der Waals surface area contributed by atoms with Crippen molar-refractivity contribution in [3.05, 3.63) is 74.5 Å². The third-order valence-electron chi connectivity index (χ3n) is 12.2. The molecule has 2 saturated carbocycles. The SMILES string of the molecule is Cc1nc2c(F)c(-c3cccc(Cl)c3Cl)c(CCC#N)cc2c2c1cc([C@H]1C[C@H](n3nnc(C(C)(C)C)c3C)CN1C(=O)C1CC1)n2[C@H]1[C@H]2CN[C@@H]1C2. The van der Waals surface area contributed by atoms with Gasteiger partial charge in [-0.1, -0.05) is 61.3 Å². The van der Waals surface area contributed by atoms with E-state index in [2.05, 4.69) is 64.9 Å². The zero-order valence-electron chi connectivity index (χ0n) is 30.7. The van der Waals surface area contributed by atoms with Gasteiger partial charge >= 0.3 is 0 Å². The number of nitriles is 1. The quantitative estimate of drug-likeness (QED) is 0.178. The Labute approximate surface area is 318 Å². The number of carbonyl (C=O) groups excluding carboxylic acids is 1. The number of nitrogens with zero attached hydrogens (tertiary/aromatic N) is 7. The average Bonchev–Trinajstić information content (AvgIpc) is 3.54. The first-order valence-electron chi connectivity index (χ1n) is 18.8. The molecule has 5 atom stereocenters. The van der Waals surface area contributed by atoms with E-state index in [0.29, 0.717) is 52.4 Å². The summed E-state index contributed by atoms with van der Waals surface area (Å²) in [6, 6.07) is 11.9. The molecule has 10 rings (SSSR count). The molecule has 274 valence electrons. The Morgan fingerprint density at radius 2 is 1.92 bits per heavy atom. The maximum atomic E-state index is 17.3. The van der Waals surface area contributed by atoms with Crippen molar-refractivity contribution in [1.29, 1.82) is 5.26 Å². The summed E-state index contributed by atoms with van der Waals surface area (Å²) in [5.41, 5.74) is 6.30. The fourth-order valence-electron chi connectivity index (χ4n) is 9.56. The van der Waals surface area contributed by atoms with Crippen molar-refractivity contribution in [2.24, 2.45) is 11.8 Å². The molecule has 3 saturated heterocycles. The lowest BCUT2D eigenvalue weighted by atomic mass is 9.79. The number of carbonyl (C=O) groups is 1. The summed E-state index contributed by atoms with van der Waals surface area (Å²) in [7, 11) is 0. The largest absolute Gasteiger partial charge is 0.337 e. The molecule has 2 aromatic carbocycles. The van der Waals surface area contributed by atoms with Gasteiger partial charge in [0.25, 0.3) is 0 Å². The van der Waals surface area contributed by atoms with Gasteiger partial charge in [0.1, 0.15) is 5.52 Å². The smallest absolute Gasteiger partial charge is 0.226 e. The van der Waals surface area contributed by atoms with E-state index in [1.165, 1.54) is 0 Å². The van der Waals surface area contributed by atoms with Gasteiger partial charge in [-0.2, -0.15) is 5.26 Å².